The first kappa shape index (κ1) is 18.2. The molecule has 3 amide bonds. The topological polar surface area (TPSA) is 123 Å². The van der Waals surface area contributed by atoms with Crippen LogP contribution >= 0.6 is 0 Å². The quantitative estimate of drug-likeness (QED) is 0.489. The third kappa shape index (κ3) is 3.77. The molecule has 0 bridgehead atoms. The van der Waals surface area contributed by atoms with Gasteiger partial charge in [-0.2, -0.15) is 0 Å². The van der Waals surface area contributed by atoms with Crippen LogP contribution in [0.4, 0.5) is 16.2 Å². The normalized spacial score (nSPS) is 10.7. The number of carbonyl (C=O) groups excluding carboxylic acids is 2. The van der Waals surface area contributed by atoms with E-state index in [2.05, 4.69) is 20.8 Å². The number of hydrogen-bond acceptors (Lipinski definition) is 5. The van der Waals surface area contributed by atoms with Crippen molar-refractivity contribution in [1.82, 2.24) is 10.1 Å². The summed E-state index contributed by atoms with van der Waals surface area (Å²) in [6.45, 7) is 1.76. The Kier molecular flexibility index (Phi) is 4.66. The zero-order valence-electron chi connectivity index (χ0n) is 15.5. The fourth-order valence-corrected chi connectivity index (χ4v) is 3.01. The van der Waals surface area contributed by atoms with Gasteiger partial charge >= 0.3 is 6.03 Å². The SMILES string of the molecule is Cc1noc2nc(-c3ccccc3)cc(C(=O)Nc3ccc(NC(N)=O)cc3)c12. The van der Waals surface area contributed by atoms with Crippen molar-refractivity contribution < 1.29 is 14.1 Å². The highest BCUT2D eigenvalue weighted by Crippen LogP contribution is 2.27. The summed E-state index contributed by atoms with van der Waals surface area (Å²) < 4.78 is 5.31. The maximum absolute atomic E-state index is 13.0. The summed E-state index contributed by atoms with van der Waals surface area (Å²) in [5, 5.41) is 9.83. The molecule has 29 heavy (non-hydrogen) atoms. The molecule has 0 atom stereocenters. The summed E-state index contributed by atoms with van der Waals surface area (Å²) in [5.41, 5.74) is 8.95. The molecule has 0 aliphatic heterocycles. The standard InChI is InChI=1S/C21H17N5O3/c1-12-18-16(19(27)23-14-7-9-15(10-8-14)24-21(22)28)11-17(25-20(18)29-26-12)13-5-3-2-4-6-13/h2-11H,1H3,(H,23,27)(H3,22,24,28). The van der Waals surface area contributed by atoms with E-state index in [0.29, 0.717) is 39.4 Å². The number of benzene rings is 2. The highest BCUT2D eigenvalue weighted by atomic mass is 16.5. The molecule has 8 heteroatoms. The van der Waals surface area contributed by atoms with E-state index in [0.717, 1.165) is 5.56 Å². The van der Waals surface area contributed by atoms with E-state index in [9.17, 15) is 9.59 Å². The third-order valence-corrected chi connectivity index (χ3v) is 4.34. The number of nitrogens with two attached hydrogens (primary N) is 1. The highest BCUT2D eigenvalue weighted by Gasteiger charge is 2.19. The number of nitrogens with zero attached hydrogens (tertiary/aromatic N) is 2. The maximum Gasteiger partial charge on any atom is 0.316 e. The Morgan fingerprint density at radius 2 is 1.62 bits per heavy atom. The Morgan fingerprint density at radius 3 is 2.28 bits per heavy atom. The first-order valence-electron chi connectivity index (χ1n) is 8.81. The fraction of sp³-hybridized carbons (Fsp3) is 0.0476. The minimum absolute atomic E-state index is 0.301. The van der Waals surface area contributed by atoms with Crippen molar-refractivity contribution >= 4 is 34.4 Å². The second-order valence-corrected chi connectivity index (χ2v) is 6.39. The van der Waals surface area contributed by atoms with Gasteiger partial charge in [0.25, 0.3) is 11.6 Å². The first-order chi connectivity index (χ1) is 14.0. The average molecular weight is 387 g/mol. The summed E-state index contributed by atoms with van der Waals surface area (Å²) >= 11 is 0. The molecule has 0 radical (unpaired) electrons. The Bertz CT molecular complexity index is 1200. The summed E-state index contributed by atoms with van der Waals surface area (Å²) in [4.78, 5) is 28.4. The minimum Gasteiger partial charge on any atom is -0.351 e. The lowest BCUT2D eigenvalue weighted by Crippen LogP contribution is -2.19. The first-order valence-corrected chi connectivity index (χ1v) is 8.81. The third-order valence-electron chi connectivity index (χ3n) is 4.34. The molecule has 0 saturated carbocycles. The van der Waals surface area contributed by atoms with Crippen LogP contribution in [0.5, 0.6) is 0 Å². The largest absolute Gasteiger partial charge is 0.351 e. The highest BCUT2D eigenvalue weighted by molar-refractivity contribution is 6.13. The predicted molar refractivity (Wildman–Crippen MR) is 110 cm³/mol. The van der Waals surface area contributed by atoms with Gasteiger partial charge in [-0.05, 0) is 37.3 Å². The molecule has 0 spiro atoms. The van der Waals surface area contributed by atoms with Gasteiger partial charge in [-0.15, -0.1) is 0 Å². The number of amides is 3. The van der Waals surface area contributed by atoms with E-state index in [1.807, 2.05) is 30.3 Å². The number of anilines is 2. The Morgan fingerprint density at radius 1 is 0.966 bits per heavy atom. The molecule has 4 rings (SSSR count). The number of primary amides is 1. The summed E-state index contributed by atoms with van der Waals surface area (Å²) in [6, 6.07) is 17.2. The smallest absolute Gasteiger partial charge is 0.316 e. The van der Waals surface area contributed by atoms with Gasteiger partial charge in [-0.1, -0.05) is 35.5 Å². The molecular formula is C21H17N5O3. The van der Waals surface area contributed by atoms with E-state index in [1.165, 1.54) is 0 Å². The summed E-state index contributed by atoms with van der Waals surface area (Å²) in [6.07, 6.45) is 0. The molecule has 2 aromatic carbocycles. The number of fused-ring (bicyclic) bond motifs is 1. The molecule has 8 nitrogen and oxygen atoms in total. The number of aromatic nitrogens is 2. The van der Waals surface area contributed by atoms with Crippen LogP contribution in [0, 0.1) is 6.92 Å². The lowest BCUT2D eigenvalue weighted by atomic mass is 10.0. The predicted octanol–water partition coefficient (Wildman–Crippen LogP) is 3.94. The van der Waals surface area contributed by atoms with E-state index >= 15 is 0 Å². The Labute approximate surface area is 165 Å². The van der Waals surface area contributed by atoms with Crippen molar-refractivity contribution in [3.8, 4) is 11.3 Å². The molecular weight excluding hydrogens is 370 g/mol. The molecule has 144 valence electrons. The molecule has 4 aromatic rings. The van der Waals surface area contributed by atoms with Crippen LogP contribution < -0.4 is 16.4 Å². The van der Waals surface area contributed by atoms with Gasteiger partial charge in [0.15, 0.2) is 0 Å². The number of carbonyl (C=O) groups is 2. The monoisotopic (exact) mass is 387 g/mol. The van der Waals surface area contributed by atoms with E-state index < -0.39 is 6.03 Å². The Balaban J connectivity index is 1.69. The molecule has 0 unspecified atom stereocenters. The molecule has 2 heterocycles. The van der Waals surface area contributed by atoms with Gasteiger partial charge in [0.05, 0.1) is 22.3 Å². The van der Waals surface area contributed by atoms with Crippen molar-refractivity contribution in [2.24, 2.45) is 5.73 Å². The van der Waals surface area contributed by atoms with Crippen molar-refractivity contribution in [2.45, 2.75) is 6.92 Å². The summed E-state index contributed by atoms with van der Waals surface area (Å²) in [7, 11) is 0. The van der Waals surface area contributed by atoms with Crippen molar-refractivity contribution in [2.75, 3.05) is 10.6 Å². The van der Waals surface area contributed by atoms with E-state index in [-0.39, 0.29) is 5.91 Å². The van der Waals surface area contributed by atoms with Crippen LogP contribution in [-0.2, 0) is 0 Å². The van der Waals surface area contributed by atoms with Crippen LogP contribution in [0.1, 0.15) is 16.1 Å². The van der Waals surface area contributed by atoms with Crippen LogP contribution in [-0.4, -0.2) is 22.1 Å². The van der Waals surface area contributed by atoms with Gasteiger partial charge in [0.2, 0.25) is 0 Å². The van der Waals surface area contributed by atoms with Gasteiger partial charge in [-0.25, -0.2) is 9.78 Å². The minimum atomic E-state index is -0.655. The van der Waals surface area contributed by atoms with Gasteiger partial charge < -0.3 is 20.9 Å². The number of pyridine rings is 1. The Hall–Kier alpha value is -4.20. The molecule has 0 saturated heterocycles. The number of aryl methyl sites for hydroxylation is 1. The molecule has 0 aliphatic carbocycles. The maximum atomic E-state index is 13.0. The zero-order chi connectivity index (χ0) is 20.4. The molecule has 2 aromatic heterocycles. The fourth-order valence-electron chi connectivity index (χ4n) is 3.01. The van der Waals surface area contributed by atoms with E-state index in [4.69, 9.17) is 10.3 Å². The van der Waals surface area contributed by atoms with Crippen LogP contribution in [0.25, 0.3) is 22.4 Å². The number of rotatable bonds is 4. The van der Waals surface area contributed by atoms with Crippen molar-refractivity contribution in [3.63, 3.8) is 0 Å². The second-order valence-electron chi connectivity index (χ2n) is 6.39. The van der Waals surface area contributed by atoms with Crippen LogP contribution in [0.2, 0.25) is 0 Å². The van der Waals surface area contributed by atoms with E-state index in [1.54, 1.807) is 37.3 Å². The van der Waals surface area contributed by atoms with Crippen molar-refractivity contribution in [3.05, 3.63) is 71.9 Å². The van der Waals surface area contributed by atoms with Gasteiger partial charge in [0.1, 0.15) is 0 Å². The zero-order valence-corrected chi connectivity index (χ0v) is 15.5. The van der Waals surface area contributed by atoms with Crippen LogP contribution in [0.3, 0.4) is 0 Å². The second kappa shape index (κ2) is 7.43. The number of hydrogen-bond donors (Lipinski definition) is 3. The van der Waals surface area contributed by atoms with Gasteiger partial charge in [0, 0.05) is 16.9 Å². The molecule has 4 N–H and O–H groups in total. The number of nitrogens with one attached hydrogen (secondary N) is 2. The van der Waals surface area contributed by atoms with Gasteiger partial charge in [-0.3, -0.25) is 4.79 Å². The lowest BCUT2D eigenvalue weighted by Gasteiger charge is -2.09. The lowest BCUT2D eigenvalue weighted by molar-refractivity contribution is 0.102. The number of urea groups is 1. The summed E-state index contributed by atoms with van der Waals surface area (Å²) in [5.74, 6) is -0.323. The molecule has 0 fully saturated rings. The van der Waals surface area contributed by atoms with Crippen LogP contribution in [0.15, 0.2) is 65.2 Å². The average Bonchev–Trinajstić information content (AvgIpc) is 3.10. The van der Waals surface area contributed by atoms with Crippen molar-refractivity contribution in [1.29, 1.82) is 0 Å². The molecule has 0 aliphatic rings.